The van der Waals surface area contributed by atoms with Crippen molar-refractivity contribution in [2.24, 2.45) is 0 Å². The maximum atomic E-state index is 12.6. The van der Waals surface area contributed by atoms with Gasteiger partial charge in [-0.25, -0.2) is 4.98 Å². The molecule has 0 fully saturated rings. The van der Waals surface area contributed by atoms with Crippen molar-refractivity contribution in [2.45, 2.75) is 20.4 Å². The summed E-state index contributed by atoms with van der Waals surface area (Å²) < 4.78 is 2.14. The van der Waals surface area contributed by atoms with Gasteiger partial charge in [0, 0.05) is 30.0 Å². The fourth-order valence-electron chi connectivity index (χ4n) is 2.96. The first-order valence-corrected chi connectivity index (χ1v) is 9.20. The largest absolute Gasteiger partial charge is 0.341 e. The minimum Gasteiger partial charge on any atom is -0.341 e. The normalized spacial score (nSPS) is 11.0. The molecule has 0 atom stereocenters. The molecule has 3 aromatic heterocycles. The highest BCUT2D eigenvalue weighted by atomic mass is 32.1. The molecule has 3 heterocycles. The van der Waals surface area contributed by atoms with Crippen LogP contribution in [0.1, 0.15) is 26.6 Å². The highest BCUT2D eigenvalue weighted by Gasteiger charge is 2.15. The van der Waals surface area contributed by atoms with Crippen molar-refractivity contribution in [1.82, 2.24) is 14.5 Å². The number of hydrogen-bond acceptors (Lipinski definition) is 4. The Labute approximate surface area is 155 Å². The molecule has 130 valence electrons. The van der Waals surface area contributed by atoms with E-state index in [2.05, 4.69) is 32.0 Å². The van der Waals surface area contributed by atoms with Gasteiger partial charge in [-0.1, -0.05) is 24.3 Å². The van der Waals surface area contributed by atoms with E-state index in [1.165, 1.54) is 11.3 Å². The maximum Gasteiger partial charge on any atom is 0.267 e. The van der Waals surface area contributed by atoms with Gasteiger partial charge in [0.15, 0.2) is 0 Å². The van der Waals surface area contributed by atoms with Gasteiger partial charge in [0.05, 0.1) is 22.4 Å². The standard InChI is InChI=1S/C20H18N4OS/c1-13-7-8-15(9-21-13)10-24-11-17(16-5-3-4-6-18(16)24)23-20(25)19-14(2)22-12-26-19/h3-9,11-12H,10H2,1-2H3,(H,23,25). The molecule has 26 heavy (non-hydrogen) atoms. The van der Waals surface area contributed by atoms with Crippen LogP contribution in [0, 0.1) is 13.8 Å². The van der Waals surface area contributed by atoms with Crippen molar-refractivity contribution < 1.29 is 4.79 Å². The van der Waals surface area contributed by atoms with Crippen LogP contribution in [0.3, 0.4) is 0 Å². The Hall–Kier alpha value is -2.99. The number of nitrogens with zero attached hydrogens (tertiary/aromatic N) is 3. The topological polar surface area (TPSA) is 59.8 Å². The molecule has 1 amide bonds. The maximum absolute atomic E-state index is 12.6. The molecule has 5 nitrogen and oxygen atoms in total. The molecule has 4 aromatic rings. The first kappa shape index (κ1) is 16.5. The number of amides is 1. The number of hydrogen-bond donors (Lipinski definition) is 1. The fourth-order valence-corrected chi connectivity index (χ4v) is 3.66. The summed E-state index contributed by atoms with van der Waals surface area (Å²) in [5, 5.41) is 4.06. The lowest BCUT2D eigenvalue weighted by Crippen LogP contribution is -2.11. The second kappa shape index (κ2) is 6.72. The number of thiazole rings is 1. The van der Waals surface area contributed by atoms with Crippen LogP contribution in [0.2, 0.25) is 0 Å². The number of aryl methyl sites for hydroxylation is 2. The Morgan fingerprint density at radius 3 is 2.73 bits per heavy atom. The van der Waals surface area contributed by atoms with Crippen LogP contribution in [0.5, 0.6) is 0 Å². The second-order valence-electron chi connectivity index (χ2n) is 6.22. The van der Waals surface area contributed by atoms with Crippen molar-refractivity contribution in [3.63, 3.8) is 0 Å². The quantitative estimate of drug-likeness (QED) is 0.585. The number of anilines is 1. The van der Waals surface area contributed by atoms with Crippen LogP contribution < -0.4 is 5.32 Å². The smallest absolute Gasteiger partial charge is 0.267 e. The van der Waals surface area contributed by atoms with Gasteiger partial charge < -0.3 is 9.88 Å². The molecule has 0 spiro atoms. The third-order valence-electron chi connectivity index (χ3n) is 4.31. The molecule has 4 rings (SSSR count). The van der Waals surface area contributed by atoms with E-state index in [1.807, 2.05) is 50.5 Å². The molecule has 0 saturated carbocycles. The Bertz CT molecular complexity index is 1080. The number of carbonyl (C=O) groups excluding carboxylic acids is 1. The number of aromatic nitrogens is 3. The van der Waals surface area contributed by atoms with E-state index in [9.17, 15) is 4.79 Å². The lowest BCUT2D eigenvalue weighted by Gasteiger charge is -2.05. The van der Waals surface area contributed by atoms with E-state index in [4.69, 9.17) is 0 Å². The average Bonchev–Trinajstić information content (AvgIpc) is 3.22. The molecule has 1 N–H and O–H groups in total. The van der Waals surface area contributed by atoms with Crippen LogP contribution in [0.4, 0.5) is 5.69 Å². The summed E-state index contributed by atoms with van der Waals surface area (Å²) >= 11 is 1.35. The highest BCUT2D eigenvalue weighted by molar-refractivity contribution is 7.12. The molecule has 0 unspecified atom stereocenters. The molecule has 0 bridgehead atoms. The van der Waals surface area contributed by atoms with E-state index in [1.54, 1.807) is 5.51 Å². The molecule has 0 saturated heterocycles. The van der Waals surface area contributed by atoms with E-state index >= 15 is 0 Å². The summed E-state index contributed by atoms with van der Waals surface area (Å²) in [6, 6.07) is 12.2. The van der Waals surface area contributed by atoms with Crippen molar-refractivity contribution in [1.29, 1.82) is 0 Å². The average molecular weight is 362 g/mol. The first-order chi connectivity index (χ1) is 12.6. The van der Waals surface area contributed by atoms with Crippen molar-refractivity contribution in [2.75, 3.05) is 5.32 Å². The van der Waals surface area contributed by atoms with E-state index in [-0.39, 0.29) is 5.91 Å². The van der Waals surface area contributed by atoms with Crippen LogP contribution in [0.15, 0.2) is 54.3 Å². The van der Waals surface area contributed by atoms with Crippen LogP contribution in [-0.2, 0) is 6.54 Å². The third-order valence-corrected chi connectivity index (χ3v) is 5.24. The van der Waals surface area contributed by atoms with Crippen LogP contribution in [-0.4, -0.2) is 20.4 Å². The predicted octanol–water partition coefficient (Wildman–Crippen LogP) is 4.41. The van der Waals surface area contributed by atoms with Crippen LogP contribution in [0.25, 0.3) is 10.9 Å². The number of para-hydroxylation sites is 1. The minimum atomic E-state index is -0.120. The van der Waals surface area contributed by atoms with Gasteiger partial charge in [-0.2, -0.15) is 0 Å². The molecule has 6 heteroatoms. The zero-order valence-electron chi connectivity index (χ0n) is 14.6. The number of nitrogens with one attached hydrogen (secondary N) is 1. The zero-order valence-corrected chi connectivity index (χ0v) is 15.4. The summed E-state index contributed by atoms with van der Waals surface area (Å²) in [6.07, 6.45) is 3.88. The second-order valence-corrected chi connectivity index (χ2v) is 7.07. The number of pyridine rings is 1. The summed E-state index contributed by atoms with van der Waals surface area (Å²) in [6.45, 7) is 4.52. The van der Waals surface area contributed by atoms with Crippen molar-refractivity contribution in [3.8, 4) is 0 Å². The van der Waals surface area contributed by atoms with Gasteiger partial charge in [0.2, 0.25) is 0 Å². The predicted molar refractivity (Wildman–Crippen MR) is 105 cm³/mol. The van der Waals surface area contributed by atoms with E-state index in [0.717, 1.165) is 33.5 Å². The van der Waals surface area contributed by atoms with Gasteiger partial charge in [-0.3, -0.25) is 9.78 Å². The number of fused-ring (bicyclic) bond motifs is 1. The molecule has 0 radical (unpaired) electrons. The summed E-state index contributed by atoms with van der Waals surface area (Å²) in [5.74, 6) is -0.120. The fraction of sp³-hybridized carbons (Fsp3) is 0.150. The number of carbonyl (C=O) groups is 1. The molecule has 0 aliphatic rings. The Kier molecular flexibility index (Phi) is 4.26. The van der Waals surface area contributed by atoms with Crippen LogP contribution >= 0.6 is 11.3 Å². The summed E-state index contributed by atoms with van der Waals surface area (Å²) in [5.41, 5.74) is 6.44. The Morgan fingerprint density at radius 1 is 1.15 bits per heavy atom. The van der Waals surface area contributed by atoms with Gasteiger partial charge in [0.1, 0.15) is 4.88 Å². The Balaban J connectivity index is 1.68. The van der Waals surface area contributed by atoms with E-state index < -0.39 is 0 Å². The lowest BCUT2D eigenvalue weighted by atomic mass is 10.2. The third kappa shape index (κ3) is 3.11. The van der Waals surface area contributed by atoms with Gasteiger partial charge >= 0.3 is 0 Å². The van der Waals surface area contributed by atoms with Crippen molar-refractivity contribution in [3.05, 3.63) is 76.1 Å². The lowest BCUT2D eigenvalue weighted by molar-refractivity contribution is 0.103. The molecule has 0 aliphatic carbocycles. The number of benzene rings is 1. The van der Waals surface area contributed by atoms with Gasteiger partial charge in [-0.05, 0) is 31.5 Å². The first-order valence-electron chi connectivity index (χ1n) is 8.32. The minimum absolute atomic E-state index is 0.120. The van der Waals surface area contributed by atoms with Gasteiger partial charge in [0.25, 0.3) is 5.91 Å². The van der Waals surface area contributed by atoms with Gasteiger partial charge in [-0.15, -0.1) is 11.3 Å². The molecular weight excluding hydrogens is 344 g/mol. The highest BCUT2D eigenvalue weighted by Crippen LogP contribution is 2.27. The Morgan fingerprint density at radius 2 is 2.00 bits per heavy atom. The summed E-state index contributed by atoms with van der Waals surface area (Å²) in [4.78, 5) is 21.7. The van der Waals surface area contributed by atoms with E-state index in [0.29, 0.717) is 11.4 Å². The summed E-state index contributed by atoms with van der Waals surface area (Å²) in [7, 11) is 0. The molecule has 0 aliphatic heterocycles. The SMILES string of the molecule is Cc1ccc(Cn2cc(NC(=O)c3scnc3C)c3ccccc32)cn1. The monoisotopic (exact) mass is 362 g/mol. The molecular formula is C20H18N4OS. The van der Waals surface area contributed by atoms with Crippen molar-refractivity contribution >= 4 is 33.8 Å². The zero-order chi connectivity index (χ0) is 18.1. The molecule has 1 aromatic carbocycles. The number of rotatable bonds is 4.